The van der Waals surface area contributed by atoms with E-state index in [0.717, 1.165) is 28.0 Å². The van der Waals surface area contributed by atoms with Gasteiger partial charge in [-0.3, -0.25) is 9.89 Å². The van der Waals surface area contributed by atoms with Crippen molar-refractivity contribution in [3.8, 4) is 5.75 Å². The number of nitrogens with zero attached hydrogens (tertiary/aromatic N) is 3. The second-order valence-electron chi connectivity index (χ2n) is 4.93. The quantitative estimate of drug-likeness (QED) is 0.774. The van der Waals surface area contributed by atoms with Crippen LogP contribution in [-0.2, 0) is 13.5 Å². The zero-order chi connectivity index (χ0) is 15.9. The van der Waals surface area contributed by atoms with E-state index in [2.05, 4.69) is 20.6 Å². The predicted molar refractivity (Wildman–Crippen MR) is 85.8 cm³/mol. The minimum Gasteiger partial charge on any atom is -0.495 e. The average molecular weight is 319 g/mol. The van der Waals surface area contributed by atoms with Crippen molar-refractivity contribution in [2.75, 3.05) is 12.4 Å². The number of thiophene rings is 1. The van der Waals surface area contributed by atoms with Gasteiger partial charge in [0.05, 0.1) is 18.2 Å². The van der Waals surface area contributed by atoms with Crippen LogP contribution in [-0.4, -0.2) is 33.0 Å². The number of aryl methyl sites for hydroxylation is 3. The Morgan fingerprint density at radius 1 is 1.55 bits per heavy atom. The summed E-state index contributed by atoms with van der Waals surface area (Å²) in [5, 5.41) is 15.2. The molecule has 3 heterocycles. The van der Waals surface area contributed by atoms with E-state index in [1.807, 2.05) is 27.0 Å². The van der Waals surface area contributed by atoms with Gasteiger partial charge in [-0.15, -0.1) is 11.3 Å². The summed E-state index contributed by atoms with van der Waals surface area (Å²) in [5.41, 5.74) is 1.62. The molecule has 3 rings (SSSR count). The highest BCUT2D eigenvalue weighted by atomic mass is 32.1. The van der Waals surface area contributed by atoms with Crippen LogP contribution in [0.1, 0.15) is 27.2 Å². The smallest absolute Gasteiger partial charge is 0.270 e. The number of carbonyl (C=O) groups excluding carboxylic acids is 1. The van der Waals surface area contributed by atoms with Crippen LogP contribution in [0.4, 0.5) is 5.82 Å². The van der Waals surface area contributed by atoms with Crippen LogP contribution in [0.5, 0.6) is 5.75 Å². The lowest BCUT2D eigenvalue weighted by molar-refractivity contribution is 0.102. The lowest BCUT2D eigenvalue weighted by atomic mass is 10.2. The van der Waals surface area contributed by atoms with Crippen LogP contribution in [0.15, 0.2) is 6.07 Å². The molecule has 0 aromatic carbocycles. The number of ether oxygens (including phenoxy) is 1. The Kier molecular flexibility index (Phi) is 3.61. The first-order valence-electron chi connectivity index (χ1n) is 6.90. The van der Waals surface area contributed by atoms with Crippen molar-refractivity contribution in [1.82, 2.24) is 20.0 Å². The number of aromatic nitrogens is 4. The highest BCUT2D eigenvalue weighted by Crippen LogP contribution is 2.30. The van der Waals surface area contributed by atoms with E-state index < -0.39 is 0 Å². The van der Waals surface area contributed by atoms with Crippen LogP contribution in [0, 0.1) is 6.92 Å². The molecule has 0 unspecified atom stereocenters. The zero-order valence-electron chi connectivity index (χ0n) is 12.9. The summed E-state index contributed by atoms with van der Waals surface area (Å²) in [6.45, 7) is 3.96. The van der Waals surface area contributed by atoms with Gasteiger partial charge in [-0.2, -0.15) is 10.2 Å². The van der Waals surface area contributed by atoms with E-state index >= 15 is 0 Å². The fourth-order valence-corrected chi connectivity index (χ4v) is 3.30. The molecular formula is C14H17N5O2S. The molecule has 8 heteroatoms. The van der Waals surface area contributed by atoms with Gasteiger partial charge >= 0.3 is 0 Å². The molecule has 0 aliphatic rings. The predicted octanol–water partition coefficient (Wildman–Crippen LogP) is 2.49. The van der Waals surface area contributed by atoms with Crippen molar-refractivity contribution < 1.29 is 9.53 Å². The van der Waals surface area contributed by atoms with Crippen LogP contribution >= 0.6 is 11.3 Å². The van der Waals surface area contributed by atoms with Gasteiger partial charge in [-0.1, -0.05) is 6.92 Å². The Balaban J connectivity index is 1.97. The molecule has 0 saturated carbocycles. The molecule has 0 radical (unpaired) electrons. The molecule has 2 N–H and O–H groups in total. The first kappa shape index (κ1) is 14.6. The number of anilines is 1. The maximum absolute atomic E-state index is 12.5. The third kappa shape index (κ3) is 2.25. The van der Waals surface area contributed by atoms with E-state index in [1.165, 1.54) is 11.3 Å². The monoisotopic (exact) mass is 319 g/mol. The molecule has 0 aliphatic heterocycles. The number of hydrogen-bond acceptors (Lipinski definition) is 5. The molecule has 3 aromatic heterocycles. The minimum atomic E-state index is -0.216. The topological polar surface area (TPSA) is 84.8 Å². The highest BCUT2D eigenvalue weighted by molar-refractivity contribution is 7.14. The molecule has 0 saturated heterocycles. The van der Waals surface area contributed by atoms with E-state index in [-0.39, 0.29) is 5.91 Å². The van der Waals surface area contributed by atoms with Crippen molar-refractivity contribution >= 4 is 34.1 Å². The molecule has 3 aromatic rings. The van der Waals surface area contributed by atoms with Crippen LogP contribution in [0.3, 0.4) is 0 Å². The SMILES string of the molecule is CCc1nn(C)c2n[nH]c(NC(=O)c3sc(C)cc3OC)c12. The molecule has 0 spiro atoms. The standard InChI is InChI=1S/C14H17N5O2S/c1-5-8-10-12(16-17-13(10)19(3)18-8)15-14(20)11-9(21-4)6-7(2)22-11/h6H,5H2,1-4H3,(H2,15,16,17,20). The number of methoxy groups -OCH3 is 1. The molecule has 0 bridgehead atoms. The van der Waals surface area contributed by atoms with Gasteiger partial charge in [0.25, 0.3) is 5.91 Å². The Hall–Kier alpha value is -2.35. The maximum atomic E-state index is 12.5. The van der Waals surface area contributed by atoms with Gasteiger partial charge in [-0.25, -0.2) is 4.68 Å². The van der Waals surface area contributed by atoms with Gasteiger partial charge in [-0.05, 0) is 19.4 Å². The second kappa shape index (κ2) is 5.45. The van der Waals surface area contributed by atoms with Gasteiger partial charge in [0.1, 0.15) is 16.4 Å². The van der Waals surface area contributed by atoms with Crippen LogP contribution in [0.2, 0.25) is 0 Å². The molecule has 0 fully saturated rings. The van der Waals surface area contributed by atoms with Gasteiger partial charge in [0.15, 0.2) is 5.65 Å². The molecule has 1 amide bonds. The van der Waals surface area contributed by atoms with E-state index in [9.17, 15) is 4.79 Å². The first-order valence-corrected chi connectivity index (χ1v) is 7.72. The zero-order valence-corrected chi connectivity index (χ0v) is 13.7. The lowest BCUT2D eigenvalue weighted by Crippen LogP contribution is -2.12. The van der Waals surface area contributed by atoms with E-state index in [1.54, 1.807) is 11.8 Å². The van der Waals surface area contributed by atoms with Crippen molar-refractivity contribution in [3.05, 3.63) is 21.5 Å². The van der Waals surface area contributed by atoms with E-state index in [4.69, 9.17) is 4.74 Å². The summed E-state index contributed by atoms with van der Waals surface area (Å²) in [7, 11) is 3.39. The second-order valence-corrected chi connectivity index (χ2v) is 6.19. The fraction of sp³-hybridized carbons (Fsp3) is 0.357. The van der Waals surface area contributed by atoms with Gasteiger partial charge in [0.2, 0.25) is 0 Å². The molecule has 22 heavy (non-hydrogen) atoms. The molecule has 116 valence electrons. The van der Waals surface area contributed by atoms with Crippen LogP contribution < -0.4 is 10.1 Å². The summed E-state index contributed by atoms with van der Waals surface area (Å²) >= 11 is 1.40. The fourth-order valence-electron chi connectivity index (χ4n) is 2.43. The third-order valence-electron chi connectivity index (χ3n) is 3.43. The number of H-pyrrole nitrogens is 1. The highest BCUT2D eigenvalue weighted by Gasteiger charge is 2.20. The minimum absolute atomic E-state index is 0.216. The maximum Gasteiger partial charge on any atom is 0.270 e. The number of rotatable bonds is 4. The Labute approximate surface area is 131 Å². The molecule has 7 nitrogen and oxygen atoms in total. The van der Waals surface area contributed by atoms with E-state index in [0.29, 0.717) is 16.4 Å². The Morgan fingerprint density at radius 3 is 3.00 bits per heavy atom. The number of fused-ring (bicyclic) bond motifs is 1. The Bertz CT molecular complexity index is 845. The van der Waals surface area contributed by atoms with Gasteiger partial charge < -0.3 is 10.1 Å². The lowest BCUT2D eigenvalue weighted by Gasteiger charge is -2.03. The number of hydrogen-bond donors (Lipinski definition) is 2. The summed E-state index contributed by atoms with van der Waals surface area (Å²) < 4.78 is 6.95. The summed E-state index contributed by atoms with van der Waals surface area (Å²) in [6.07, 6.45) is 0.765. The first-order chi connectivity index (χ1) is 10.5. The van der Waals surface area contributed by atoms with Crippen LogP contribution in [0.25, 0.3) is 11.0 Å². The van der Waals surface area contributed by atoms with Crippen molar-refractivity contribution in [1.29, 1.82) is 0 Å². The Morgan fingerprint density at radius 2 is 2.32 bits per heavy atom. The number of carbonyl (C=O) groups is 1. The molecule has 0 atom stereocenters. The summed E-state index contributed by atoms with van der Waals surface area (Å²) in [6, 6.07) is 1.85. The number of amides is 1. The average Bonchev–Trinajstić information content (AvgIpc) is 3.15. The van der Waals surface area contributed by atoms with Crippen molar-refractivity contribution in [3.63, 3.8) is 0 Å². The summed E-state index contributed by atoms with van der Waals surface area (Å²) in [5.74, 6) is 0.933. The molecular weight excluding hydrogens is 302 g/mol. The molecule has 0 aliphatic carbocycles. The normalized spacial score (nSPS) is 11.1. The number of nitrogens with one attached hydrogen (secondary N) is 2. The summed E-state index contributed by atoms with van der Waals surface area (Å²) in [4.78, 5) is 14.1. The number of aromatic amines is 1. The third-order valence-corrected chi connectivity index (χ3v) is 4.46. The largest absolute Gasteiger partial charge is 0.495 e. The van der Waals surface area contributed by atoms with Gasteiger partial charge in [0, 0.05) is 11.9 Å². The van der Waals surface area contributed by atoms with Crippen molar-refractivity contribution in [2.24, 2.45) is 7.05 Å². The van der Waals surface area contributed by atoms with Crippen molar-refractivity contribution in [2.45, 2.75) is 20.3 Å².